The van der Waals surface area contributed by atoms with E-state index in [1.54, 1.807) is 52.9 Å². The molecule has 0 radical (unpaired) electrons. The number of allylic oxidation sites excluding steroid dienone is 1. The van der Waals surface area contributed by atoms with Crippen LogP contribution in [-0.4, -0.2) is 90.5 Å². The van der Waals surface area contributed by atoms with Gasteiger partial charge >= 0.3 is 5.97 Å². The molecule has 4 heterocycles. The molecule has 3 aromatic carbocycles. The zero-order valence-corrected chi connectivity index (χ0v) is 30.8. The van der Waals surface area contributed by atoms with Crippen molar-refractivity contribution in [3.8, 4) is 0 Å². The molecule has 2 bridgehead atoms. The first-order chi connectivity index (χ1) is 26.7. The van der Waals surface area contributed by atoms with Crippen molar-refractivity contribution in [2.75, 3.05) is 13.2 Å². The highest BCUT2D eigenvalue weighted by Crippen LogP contribution is 2.60. The second kappa shape index (κ2) is 16.0. The zero-order chi connectivity index (χ0) is 38.7. The molecule has 0 aliphatic carbocycles. The van der Waals surface area contributed by atoms with Gasteiger partial charge in [-0.25, -0.2) is 4.68 Å². The molecule has 13 nitrogen and oxygen atoms in total. The van der Waals surface area contributed by atoms with Gasteiger partial charge in [0.05, 0.1) is 42.1 Å². The molecule has 3 fully saturated rings. The Labute approximate surface area is 319 Å². The standard InChI is InChI=1S/C42H46N6O7/c1-4-6-21-34(50)43-27(3)37(29-17-11-8-12-18-29)54-41(53)35-33-22-23-42(55-33)36(35)39(51)48(32(25-49)28-15-9-7-10-16-28)38(42)40(52)46(24-5-2)26-47-31-20-14-13-19-30(31)44-45-47/h4-5,7-20,27,32-33,35-38,49H,1-2,6,21-26H2,3H3,(H,43,50)/t27-,32+,33-,35+,36+,37-,38-,42+/m0/s1. The summed E-state index contributed by atoms with van der Waals surface area (Å²) in [5.41, 5.74) is 1.29. The van der Waals surface area contributed by atoms with Crippen molar-refractivity contribution in [1.29, 1.82) is 0 Å². The minimum absolute atomic E-state index is 0.00380. The molecule has 3 saturated heterocycles. The van der Waals surface area contributed by atoms with Crippen LogP contribution in [0.3, 0.4) is 0 Å². The Hall–Kier alpha value is -5.66. The molecule has 55 heavy (non-hydrogen) atoms. The number of carbonyl (C=O) groups is 4. The summed E-state index contributed by atoms with van der Waals surface area (Å²) in [5.74, 6) is -3.89. The number of aliphatic hydroxyl groups excluding tert-OH is 1. The number of rotatable bonds is 16. The highest BCUT2D eigenvalue weighted by atomic mass is 16.6. The summed E-state index contributed by atoms with van der Waals surface area (Å²) in [5, 5.41) is 22.4. The molecule has 1 spiro atoms. The number of likely N-dealkylation sites (tertiary alicyclic amines) is 1. The van der Waals surface area contributed by atoms with Gasteiger partial charge in [-0.15, -0.1) is 18.3 Å². The zero-order valence-electron chi connectivity index (χ0n) is 30.8. The number of amides is 3. The van der Waals surface area contributed by atoms with Gasteiger partial charge < -0.3 is 29.7 Å². The average Bonchev–Trinajstić information content (AvgIpc) is 3.96. The molecule has 4 aromatic rings. The average molecular weight is 747 g/mol. The Balaban J connectivity index is 1.25. The van der Waals surface area contributed by atoms with E-state index < -0.39 is 72.2 Å². The Morgan fingerprint density at radius 2 is 1.73 bits per heavy atom. The van der Waals surface area contributed by atoms with Crippen LogP contribution >= 0.6 is 0 Å². The Kier molecular flexibility index (Phi) is 10.9. The summed E-state index contributed by atoms with van der Waals surface area (Å²) in [4.78, 5) is 60.4. The number of ether oxygens (including phenoxy) is 2. The van der Waals surface area contributed by atoms with Gasteiger partial charge in [0.1, 0.15) is 29.9 Å². The third kappa shape index (κ3) is 6.94. The van der Waals surface area contributed by atoms with Gasteiger partial charge in [-0.05, 0) is 49.4 Å². The van der Waals surface area contributed by atoms with E-state index in [1.165, 1.54) is 4.90 Å². The van der Waals surface area contributed by atoms with E-state index in [4.69, 9.17) is 9.47 Å². The third-order valence-corrected chi connectivity index (χ3v) is 11.1. The van der Waals surface area contributed by atoms with E-state index >= 15 is 9.59 Å². The number of aromatic nitrogens is 3. The fourth-order valence-corrected chi connectivity index (χ4v) is 8.67. The summed E-state index contributed by atoms with van der Waals surface area (Å²) in [6, 6.07) is 22.8. The van der Waals surface area contributed by atoms with Crippen LogP contribution in [0.4, 0.5) is 0 Å². The van der Waals surface area contributed by atoms with Crippen molar-refractivity contribution in [2.45, 2.75) is 75.2 Å². The number of carbonyl (C=O) groups excluding carboxylic acids is 4. The molecular weight excluding hydrogens is 700 g/mol. The summed E-state index contributed by atoms with van der Waals surface area (Å²) in [6.45, 7) is 9.00. The van der Waals surface area contributed by atoms with Gasteiger partial charge in [0.25, 0.3) is 0 Å². The second-order valence-corrected chi connectivity index (χ2v) is 14.4. The first-order valence-electron chi connectivity index (χ1n) is 18.7. The normalized spacial score (nSPS) is 24.2. The number of fused-ring (bicyclic) bond motifs is 2. The molecule has 3 amide bonds. The van der Waals surface area contributed by atoms with E-state index in [0.29, 0.717) is 35.9 Å². The molecular formula is C42H46N6O7. The number of esters is 1. The molecule has 1 aromatic heterocycles. The van der Waals surface area contributed by atoms with Crippen molar-refractivity contribution in [3.05, 3.63) is 121 Å². The summed E-state index contributed by atoms with van der Waals surface area (Å²) >= 11 is 0. The number of hydrogen-bond donors (Lipinski definition) is 2. The lowest BCUT2D eigenvalue weighted by Crippen LogP contribution is -2.57. The smallest absolute Gasteiger partial charge is 0.313 e. The molecule has 3 aliphatic rings. The van der Waals surface area contributed by atoms with Crippen LogP contribution in [0.25, 0.3) is 11.0 Å². The Morgan fingerprint density at radius 1 is 1.04 bits per heavy atom. The topological polar surface area (TPSA) is 156 Å². The van der Waals surface area contributed by atoms with Crippen LogP contribution in [-0.2, 0) is 35.3 Å². The largest absolute Gasteiger partial charge is 0.455 e. The lowest BCUT2D eigenvalue weighted by Gasteiger charge is -2.39. The molecule has 8 atom stereocenters. The fraction of sp³-hybridized carbons (Fsp3) is 0.381. The predicted molar refractivity (Wildman–Crippen MR) is 202 cm³/mol. The molecule has 13 heteroatoms. The maximum atomic E-state index is 15.1. The van der Waals surface area contributed by atoms with Crippen LogP contribution in [0, 0.1) is 11.8 Å². The SMILES string of the molecule is C=CCCC(=O)N[C@@H](C)[C@H](OC(=O)[C@@H]1[C@@H]2CC[C@]3(O2)[C@H](C(=O)N(CC=C)Cn2nnc4ccccc42)N([C@H](CO)c2ccccc2)C(=O)[C@@H]13)c1ccccc1. The van der Waals surface area contributed by atoms with Gasteiger partial charge in [-0.2, -0.15) is 0 Å². The lowest BCUT2D eigenvalue weighted by atomic mass is 9.70. The van der Waals surface area contributed by atoms with Crippen molar-refractivity contribution in [3.63, 3.8) is 0 Å². The van der Waals surface area contributed by atoms with Crippen molar-refractivity contribution in [1.82, 2.24) is 30.1 Å². The third-order valence-electron chi connectivity index (χ3n) is 11.1. The van der Waals surface area contributed by atoms with Crippen LogP contribution in [0.2, 0.25) is 0 Å². The van der Waals surface area contributed by atoms with E-state index in [9.17, 15) is 14.7 Å². The molecule has 2 N–H and O–H groups in total. The monoisotopic (exact) mass is 746 g/mol. The number of benzene rings is 3. The molecule has 7 rings (SSSR count). The Morgan fingerprint density at radius 3 is 2.42 bits per heavy atom. The number of nitrogens with zero attached hydrogens (tertiary/aromatic N) is 5. The molecule has 0 unspecified atom stereocenters. The molecule has 3 aliphatic heterocycles. The van der Waals surface area contributed by atoms with Gasteiger partial charge in [0.15, 0.2) is 0 Å². The maximum absolute atomic E-state index is 15.1. The number of nitrogens with one attached hydrogen (secondary N) is 1. The second-order valence-electron chi connectivity index (χ2n) is 14.4. The van der Waals surface area contributed by atoms with Gasteiger partial charge in [-0.3, -0.25) is 19.2 Å². The minimum atomic E-state index is -1.39. The first kappa shape index (κ1) is 37.6. The highest BCUT2D eigenvalue weighted by Gasteiger charge is 2.76. The quantitative estimate of drug-likeness (QED) is 0.126. The minimum Gasteiger partial charge on any atom is -0.455 e. The first-order valence-corrected chi connectivity index (χ1v) is 18.7. The van der Waals surface area contributed by atoms with Crippen LogP contribution in [0.5, 0.6) is 0 Å². The van der Waals surface area contributed by atoms with Crippen LogP contribution in [0.15, 0.2) is 110 Å². The highest BCUT2D eigenvalue weighted by molar-refractivity contribution is 5.98. The van der Waals surface area contributed by atoms with Gasteiger partial charge in [0, 0.05) is 13.0 Å². The van der Waals surface area contributed by atoms with E-state index in [1.807, 2.05) is 60.7 Å². The summed E-state index contributed by atoms with van der Waals surface area (Å²) in [6.07, 6.45) is 3.17. The van der Waals surface area contributed by atoms with Crippen LogP contribution in [0.1, 0.15) is 55.9 Å². The van der Waals surface area contributed by atoms with Crippen molar-refractivity contribution < 1.29 is 33.8 Å². The summed E-state index contributed by atoms with van der Waals surface area (Å²) < 4.78 is 14.6. The Bertz CT molecular complexity index is 2060. The van der Waals surface area contributed by atoms with Gasteiger partial charge in [0.2, 0.25) is 17.7 Å². The fourth-order valence-electron chi connectivity index (χ4n) is 8.67. The number of aliphatic hydroxyl groups is 1. The van der Waals surface area contributed by atoms with E-state index in [0.717, 1.165) is 5.52 Å². The van der Waals surface area contributed by atoms with Crippen molar-refractivity contribution >= 4 is 34.7 Å². The maximum Gasteiger partial charge on any atom is 0.313 e. The summed E-state index contributed by atoms with van der Waals surface area (Å²) in [7, 11) is 0. The number of hydrogen-bond acceptors (Lipinski definition) is 9. The van der Waals surface area contributed by atoms with Crippen LogP contribution < -0.4 is 5.32 Å². The van der Waals surface area contributed by atoms with Gasteiger partial charge in [-0.1, -0.05) is 90.2 Å². The van der Waals surface area contributed by atoms with E-state index in [-0.39, 0.29) is 25.5 Å². The molecule has 0 saturated carbocycles. The predicted octanol–water partition coefficient (Wildman–Crippen LogP) is 4.27. The number of para-hydroxylation sites is 1. The lowest BCUT2D eigenvalue weighted by molar-refractivity contribution is -0.162. The molecule has 286 valence electrons. The van der Waals surface area contributed by atoms with E-state index in [2.05, 4.69) is 28.8 Å². The van der Waals surface area contributed by atoms with Crippen molar-refractivity contribution in [2.24, 2.45) is 11.8 Å².